The van der Waals surface area contributed by atoms with Crippen LogP contribution in [0.2, 0.25) is 0 Å². The second kappa shape index (κ2) is 9.52. The summed E-state index contributed by atoms with van der Waals surface area (Å²) in [5, 5.41) is 5.04. The van der Waals surface area contributed by atoms with Crippen molar-refractivity contribution in [3.63, 3.8) is 0 Å². The Bertz CT molecular complexity index is 1340. The minimum Gasteiger partial charge on any atom is -0.381 e. The zero-order chi connectivity index (χ0) is 27.2. The largest absolute Gasteiger partial charge is 0.381 e. The van der Waals surface area contributed by atoms with Gasteiger partial charge in [-0.15, -0.1) is 0 Å². The Morgan fingerprint density at radius 1 is 1.24 bits per heavy atom. The van der Waals surface area contributed by atoms with Crippen molar-refractivity contribution < 1.29 is 29.0 Å². The third kappa shape index (κ3) is 4.53. The number of carbonyl (C=O) groups excluding carboxylic acids is 3. The van der Waals surface area contributed by atoms with Gasteiger partial charge in [0.15, 0.2) is 0 Å². The highest BCUT2D eigenvalue weighted by atomic mass is 19.1. The number of nitrogens with zero attached hydrogens (tertiary/aromatic N) is 2. The van der Waals surface area contributed by atoms with E-state index >= 15 is 0 Å². The molecule has 8 nitrogen and oxygen atoms in total. The minimum absolute atomic E-state index is 0.0476. The number of amides is 3. The molecule has 1 atom stereocenters. The number of halogens is 1. The smallest absolute Gasteiger partial charge is 0.255 e. The summed E-state index contributed by atoms with van der Waals surface area (Å²) in [5.41, 5.74) is 1.22. The van der Waals surface area contributed by atoms with E-state index in [4.69, 9.17) is 10.2 Å². The van der Waals surface area contributed by atoms with E-state index in [1.807, 2.05) is 6.07 Å². The summed E-state index contributed by atoms with van der Waals surface area (Å²) in [6.07, 6.45) is -0.334. The fourth-order valence-corrected chi connectivity index (χ4v) is 4.40. The zero-order valence-corrected chi connectivity index (χ0v) is 18.5. The molecule has 178 valence electrons. The second-order valence-electron chi connectivity index (χ2n) is 8.49. The van der Waals surface area contributed by atoms with Gasteiger partial charge in [-0.25, -0.2) is 4.39 Å². The highest BCUT2D eigenvalue weighted by molar-refractivity contribution is 6.06. The van der Waals surface area contributed by atoms with Crippen LogP contribution in [0.5, 0.6) is 0 Å². The number of hydrogen-bond acceptors (Lipinski definition) is 6. The van der Waals surface area contributed by atoms with E-state index in [0.29, 0.717) is 25.3 Å². The fourth-order valence-electron chi connectivity index (χ4n) is 4.40. The Hall–Kier alpha value is -3.30. The number of fused-ring (bicyclic) bond motifs is 1. The summed E-state index contributed by atoms with van der Waals surface area (Å²) in [7, 11) is 0. The van der Waals surface area contributed by atoms with Crippen LogP contribution in [0.15, 0.2) is 36.3 Å². The maximum absolute atomic E-state index is 15.0. The van der Waals surface area contributed by atoms with Crippen molar-refractivity contribution in [2.75, 3.05) is 31.6 Å². The monoisotopic (exact) mass is 470 g/mol. The van der Waals surface area contributed by atoms with Gasteiger partial charge in [0.1, 0.15) is 11.8 Å². The van der Waals surface area contributed by atoms with Gasteiger partial charge in [-0.05, 0) is 30.1 Å². The molecule has 3 heterocycles. The van der Waals surface area contributed by atoms with Gasteiger partial charge in [0.2, 0.25) is 11.8 Å². The van der Waals surface area contributed by atoms with Crippen LogP contribution in [0.3, 0.4) is 0 Å². The Balaban J connectivity index is 1.39. The predicted molar refractivity (Wildman–Crippen MR) is 122 cm³/mol. The molecule has 3 amide bonds. The van der Waals surface area contributed by atoms with E-state index in [2.05, 4.69) is 15.5 Å². The van der Waals surface area contributed by atoms with Gasteiger partial charge >= 0.3 is 0 Å². The van der Waals surface area contributed by atoms with Crippen LogP contribution >= 0.6 is 0 Å². The van der Waals surface area contributed by atoms with E-state index in [-0.39, 0.29) is 48.8 Å². The van der Waals surface area contributed by atoms with Crippen molar-refractivity contribution in [1.29, 1.82) is 0 Å². The zero-order valence-electron chi connectivity index (χ0n) is 22.5. The highest BCUT2D eigenvalue weighted by Crippen LogP contribution is 2.32. The summed E-state index contributed by atoms with van der Waals surface area (Å²) in [5.74, 6) is -2.71. The van der Waals surface area contributed by atoms with Crippen LogP contribution in [-0.2, 0) is 34.0 Å². The van der Waals surface area contributed by atoms with Gasteiger partial charge in [0.25, 0.3) is 5.91 Å². The number of imide groups is 1. The van der Waals surface area contributed by atoms with Crippen molar-refractivity contribution in [3.8, 4) is 0 Å². The van der Waals surface area contributed by atoms with Crippen LogP contribution < -0.4 is 10.6 Å². The summed E-state index contributed by atoms with van der Waals surface area (Å²) >= 11 is 0. The predicted octanol–water partition coefficient (Wildman–Crippen LogP) is 2.03. The van der Waals surface area contributed by atoms with Gasteiger partial charge in [-0.3, -0.25) is 24.6 Å². The lowest BCUT2D eigenvalue weighted by Crippen LogP contribution is -2.52. The molecule has 0 unspecified atom stereocenters. The molecule has 2 fully saturated rings. The highest BCUT2D eigenvalue weighted by Gasteiger charge is 2.39. The van der Waals surface area contributed by atoms with Crippen LogP contribution in [0, 0.1) is 5.82 Å². The Labute approximate surface area is 202 Å². The molecular formula is C25H27FN4O4. The fraction of sp³-hybridized carbons (Fsp3) is 0.400. The molecule has 2 N–H and O–H groups in total. The third-order valence-electron chi connectivity index (χ3n) is 6.27. The molecule has 0 bridgehead atoms. The number of ether oxygens (including phenoxy) is 1. The first-order valence-corrected chi connectivity index (χ1v) is 11.2. The number of anilines is 1. The Morgan fingerprint density at radius 2 is 2.06 bits per heavy atom. The molecule has 2 saturated heterocycles. The number of benzene rings is 2. The molecular weight excluding hydrogens is 439 g/mol. The van der Waals surface area contributed by atoms with Gasteiger partial charge in [-0.2, -0.15) is 0 Å². The number of nitrogens with one attached hydrogen (secondary N) is 2. The van der Waals surface area contributed by atoms with Crippen LogP contribution in [0.4, 0.5) is 10.1 Å². The molecule has 34 heavy (non-hydrogen) atoms. The second-order valence-corrected chi connectivity index (χ2v) is 8.49. The first-order valence-electron chi connectivity index (χ1n) is 13.2. The lowest BCUT2D eigenvalue weighted by atomic mass is 10.0. The van der Waals surface area contributed by atoms with Crippen LogP contribution in [-0.4, -0.2) is 59.8 Å². The van der Waals surface area contributed by atoms with Crippen molar-refractivity contribution >= 4 is 23.4 Å². The number of rotatable bonds is 6. The summed E-state index contributed by atoms with van der Waals surface area (Å²) in [6, 6.07) is 1.54. The van der Waals surface area contributed by atoms with E-state index in [1.165, 1.54) is 6.07 Å². The van der Waals surface area contributed by atoms with E-state index in [9.17, 15) is 18.8 Å². The van der Waals surface area contributed by atoms with E-state index in [1.54, 1.807) is 6.07 Å². The standard InChI is InChI=1S/C25H27FN4O4/c26-20-12-16(14-29-8-10-34-11-9-29)4-5-17(20)13-27-21-3-1-2-18-19(21)15-30(25(18)33)22-6-7-23(31)28-24(22)32/h1-5,12,22,27H,6-11,13-15H2,(H,28,31,32)/t22-/m0/s1/i1D,2D,3D,22D. The molecule has 2 aromatic carbocycles. The first-order chi connectivity index (χ1) is 18.1. The molecule has 3 aliphatic heterocycles. The minimum atomic E-state index is -2.07. The maximum Gasteiger partial charge on any atom is 0.255 e. The molecule has 0 aliphatic carbocycles. The SMILES string of the molecule is [2H]c1c([2H])c(NCc2ccc(CN3CCOCC3)cc2F)c2c(c1[2H])C(=O)N([C@@]1([2H])CCC(=O)NC1=O)C2. The van der Waals surface area contributed by atoms with Gasteiger partial charge < -0.3 is 15.0 Å². The van der Waals surface area contributed by atoms with Crippen LogP contribution in [0.25, 0.3) is 0 Å². The average molecular weight is 471 g/mol. The van der Waals surface area contributed by atoms with Crippen LogP contribution in [0.1, 0.15) is 45.4 Å². The maximum atomic E-state index is 15.0. The van der Waals surface area contributed by atoms with E-state index in [0.717, 1.165) is 23.6 Å². The Kier molecular flexibility index (Phi) is 5.06. The van der Waals surface area contributed by atoms with E-state index < -0.39 is 41.6 Å². The molecule has 9 heteroatoms. The summed E-state index contributed by atoms with van der Waals surface area (Å²) < 4.78 is 53.8. The summed E-state index contributed by atoms with van der Waals surface area (Å²) in [6.45, 7) is 3.12. The quantitative estimate of drug-likeness (QED) is 0.628. The van der Waals surface area contributed by atoms with Gasteiger partial charge in [-0.1, -0.05) is 18.2 Å². The Morgan fingerprint density at radius 3 is 2.82 bits per heavy atom. The van der Waals surface area contributed by atoms with Crippen molar-refractivity contribution in [2.45, 2.75) is 38.5 Å². The topological polar surface area (TPSA) is 91.0 Å². The van der Waals surface area contributed by atoms with Crippen molar-refractivity contribution in [3.05, 3.63) is 64.4 Å². The molecule has 2 aromatic rings. The lowest BCUT2D eigenvalue weighted by molar-refractivity contribution is -0.136. The molecule has 0 saturated carbocycles. The lowest BCUT2D eigenvalue weighted by Gasteiger charge is -2.29. The number of morpholine rings is 1. The van der Waals surface area contributed by atoms with Gasteiger partial charge in [0, 0.05) is 61.5 Å². The van der Waals surface area contributed by atoms with Crippen molar-refractivity contribution in [1.82, 2.24) is 15.1 Å². The molecule has 5 rings (SSSR count). The first kappa shape index (κ1) is 18.1. The molecule has 0 spiro atoms. The number of carbonyl (C=O) groups is 3. The van der Waals surface area contributed by atoms with Gasteiger partial charge in [0.05, 0.1) is 18.7 Å². The summed E-state index contributed by atoms with van der Waals surface area (Å²) in [4.78, 5) is 40.5. The van der Waals surface area contributed by atoms with Crippen molar-refractivity contribution in [2.24, 2.45) is 0 Å². The average Bonchev–Trinajstić information content (AvgIpc) is 3.24. The molecule has 3 aliphatic rings. The third-order valence-corrected chi connectivity index (χ3v) is 6.27. The molecule has 0 aromatic heterocycles. The molecule has 0 radical (unpaired) electrons. The normalized spacial score (nSPS) is 24.7. The number of hydrogen-bond donors (Lipinski definition) is 2. The number of piperidine rings is 1.